The van der Waals surface area contributed by atoms with Crippen LogP contribution in [0, 0.1) is 0 Å². The molecule has 2 atom stereocenters. The summed E-state index contributed by atoms with van der Waals surface area (Å²) in [7, 11) is 1.76. The molecule has 0 saturated heterocycles. The van der Waals surface area contributed by atoms with E-state index >= 15 is 0 Å². The lowest BCUT2D eigenvalue weighted by Crippen LogP contribution is -2.38. The summed E-state index contributed by atoms with van der Waals surface area (Å²) >= 11 is 0. The molecule has 2 heteroatoms. The first-order valence-corrected chi connectivity index (χ1v) is 6.45. The van der Waals surface area contributed by atoms with Crippen LogP contribution < -0.4 is 0 Å². The Balaban J connectivity index is 2.24. The van der Waals surface area contributed by atoms with E-state index in [2.05, 4.69) is 6.92 Å². The zero-order chi connectivity index (χ0) is 11.1. The molecular weight excluding hydrogens is 188 g/mol. The molecule has 1 fully saturated rings. The summed E-state index contributed by atoms with van der Waals surface area (Å²) in [6, 6.07) is 0. The molecule has 1 aliphatic carbocycles. The maximum absolute atomic E-state index is 10.4. The highest BCUT2D eigenvalue weighted by molar-refractivity contribution is 4.86. The van der Waals surface area contributed by atoms with Gasteiger partial charge in [0.15, 0.2) is 0 Å². The summed E-state index contributed by atoms with van der Waals surface area (Å²) < 4.78 is 5.35. The van der Waals surface area contributed by atoms with Crippen LogP contribution in [0.1, 0.15) is 64.7 Å². The maximum atomic E-state index is 10.4. The van der Waals surface area contributed by atoms with Crippen LogP contribution in [0.5, 0.6) is 0 Å². The molecule has 0 aromatic heterocycles. The van der Waals surface area contributed by atoms with Gasteiger partial charge in [0.2, 0.25) is 0 Å². The van der Waals surface area contributed by atoms with Gasteiger partial charge in [0.05, 0.1) is 11.7 Å². The van der Waals surface area contributed by atoms with Crippen molar-refractivity contribution in [3.63, 3.8) is 0 Å². The van der Waals surface area contributed by atoms with Gasteiger partial charge in [0.1, 0.15) is 0 Å². The van der Waals surface area contributed by atoms with Crippen molar-refractivity contribution in [3.05, 3.63) is 0 Å². The molecule has 0 bridgehead atoms. The lowest BCUT2D eigenvalue weighted by Gasteiger charge is -2.36. The minimum absolute atomic E-state index is 0.287. The fourth-order valence-electron chi connectivity index (χ4n) is 2.60. The van der Waals surface area contributed by atoms with Gasteiger partial charge in [-0.05, 0) is 25.7 Å². The average Bonchev–Trinajstić information content (AvgIpc) is 2.24. The van der Waals surface area contributed by atoms with Crippen LogP contribution in [0.15, 0.2) is 0 Å². The van der Waals surface area contributed by atoms with Gasteiger partial charge in [-0.2, -0.15) is 0 Å². The van der Waals surface area contributed by atoms with Gasteiger partial charge in [-0.25, -0.2) is 0 Å². The Kier molecular flexibility index (Phi) is 5.62. The van der Waals surface area contributed by atoms with Gasteiger partial charge in [-0.3, -0.25) is 0 Å². The number of ether oxygens (including phenoxy) is 1. The summed E-state index contributed by atoms with van der Waals surface area (Å²) in [6.07, 6.45) is 10.3. The van der Waals surface area contributed by atoms with Gasteiger partial charge >= 0.3 is 0 Å². The normalized spacial score (nSPS) is 31.8. The molecule has 0 heterocycles. The van der Waals surface area contributed by atoms with E-state index in [1.54, 1.807) is 7.11 Å². The highest BCUT2D eigenvalue weighted by atomic mass is 16.5. The zero-order valence-electron chi connectivity index (χ0n) is 10.3. The zero-order valence-corrected chi connectivity index (χ0v) is 10.3. The first-order chi connectivity index (χ1) is 7.20. The highest BCUT2D eigenvalue weighted by Gasteiger charge is 2.33. The molecule has 0 aromatic rings. The van der Waals surface area contributed by atoms with E-state index in [9.17, 15) is 5.11 Å². The fraction of sp³-hybridized carbons (Fsp3) is 1.00. The summed E-state index contributed by atoms with van der Waals surface area (Å²) in [5.74, 6) is 0. The minimum atomic E-state index is -0.424. The molecule has 0 radical (unpaired) electrons. The molecular formula is C13H26O2. The summed E-state index contributed by atoms with van der Waals surface area (Å²) in [5, 5.41) is 10.4. The van der Waals surface area contributed by atoms with Gasteiger partial charge in [-0.15, -0.1) is 0 Å². The number of rotatable bonds is 6. The molecule has 1 rings (SSSR count). The lowest BCUT2D eigenvalue weighted by molar-refractivity contribution is -0.0644. The van der Waals surface area contributed by atoms with Crippen molar-refractivity contribution in [1.29, 1.82) is 0 Å². The Morgan fingerprint density at radius 2 is 2.13 bits per heavy atom. The second-order valence-corrected chi connectivity index (χ2v) is 4.99. The Labute approximate surface area is 94.0 Å². The van der Waals surface area contributed by atoms with Crippen LogP contribution in [-0.4, -0.2) is 23.9 Å². The largest absolute Gasteiger partial charge is 0.390 e. The predicted molar refractivity (Wildman–Crippen MR) is 63.0 cm³/mol. The lowest BCUT2D eigenvalue weighted by atomic mass is 9.79. The molecule has 2 unspecified atom stereocenters. The van der Waals surface area contributed by atoms with Crippen LogP contribution >= 0.6 is 0 Å². The van der Waals surface area contributed by atoms with Gasteiger partial charge in [0, 0.05) is 13.5 Å². The van der Waals surface area contributed by atoms with E-state index in [1.165, 1.54) is 25.7 Å². The molecule has 1 N–H and O–H groups in total. The molecule has 0 aliphatic heterocycles. The van der Waals surface area contributed by atoms with Crippen molar-refractivity contribution in [2.24, 2.45) is 0 Å². The van der Waals surface area contributed by atoms with Crippen molar-refractivity contribution in [2.45, 2.75) is 76.4 Å². The molecule has 2 nitrogen and oxygen atoms in total. The quantitative estimate of drug-likeness (QED) is 0.688. The molecule has 1 saturated carbocycles. The SMILES string of the molecule is CCCCCCC1(O)CCCC(OC)C1. The van der Waals surface area contributed by atoms with Crippen LogP contribution in [0.3, 0.4) is 0 Å². The van der Waals surface area contributed by atoms with E-state index in [1.807, 2.05) is 0 Å². The summed E-state index contributed by atoms with van der Waals surface area (Å²) in [6.45, 7) is 2.22. The van der Waals surface area contributed by atoms with Crippen molar-refractivity contribution in [3.8, 4) is 0 Å². The van der Waals surface area contributed by atoms with Crippen molar-refractivity contribution in [1.82, 2.24) is 0 Å². The Hall–Kier alpha value is -0.0800. The van der Waals surface area contributed by atoms with Crippen LogP contribution in [0.2, 0.25) is 0 Å². The Morgan fingerprint density at radius 3 is 2.80 bits per heavy atom. The van der Waals surface area contributed by atoms with E-state index in [0.29, 0.717) is 0 Å². The van der Waals surface area contributed by atoms with Gasteiger partial charge < -0.3 is 9.84 Å². The molecule has 0 spiro atoms. The van der Waals surface area contributed by atoms with E-state index in [-0.39, 0.29) is 6.10 Å². The molecule has 0 amide bonds. The number of hydrogen-bond acceptors (Lipinski definition) is 2. The number of hydrogen-bond donors (Lipinski definition) is 1. The standard InChI is InChI=1S/C13H26O2/c1-3-4-5-6-9-13(14)10-7-8-12(11-13)15-2/h12,14H,3-11H2,1-2H3. The molecule has 0 aromatic carbocycles. The fourth-order valence-corrected chi connectivity index (χ4v) is 2.60. The molecule has 90 valence electrons. The third-order valence-corrected chi connectivity index (χ3v) is 3.60. The Bertz CT molecular complexity index is 170. The number of aliphatic hydroxyl groups is 1. The summed E-state index contributed by atoms with van der Waals surface area (Å²) in [4.78, 5) is 0. The van der Waals surface area contributed by atoms with Crippen LogP contribution in [0.25, 0.3) is 0 Å². The monoisotopic (exact) mass is 214 g/mol. The highest BCUT2D eigenvalue weighted by Crippen LogP contribution is 2.33. The second kappa shape index (κ2) is 6.49. The number of methoxy groups -OCH3 is 1. The third-order valence-electron chi connectivity index (χ3n) is 3.60. The Morgan fingerprint density at radius 1 is 1.33 bits per heavy atom. The first-order valence-electron chi connectivity index (χ1n) is 6.45. The topological polar surface area (TPSA) is 29.5 Å². The second-order valence-electron chi connectivity index (χ2n) is 4.99. The van der Waals surface area contributed by atoms with E-state index in [4.69, 9.17) is 4.74 Å². The van der Waals surface area contributed by atoms with Crippen LogP contribution in [-0.2, 0) is 4.74 Å². The number of unbranched alkanes of at least 4 members (excludes halogenated alkanes) is 3. The molecule has 1 aliphatic rings. The third kappa shape index (κ3) is 4.52. The summed E-state index contributed by atoms with van der Waals surface area (Å²) in [5.41, 5.74) is -0.424. The average molecular weight is 214 g/mol. The molecule has 15 heavy (non-hydrogen) atoms. The van der Waals surface area contributed by atoms with E-state index in [0.717, 1.165) is 32.1 Å². The van der Waals surface area contributed by atoms with Gasteiger partial charge in [-0.1, -0.05) is 32.6 Å². The smallest absolute Gasteiger partial charge is 0.0672 e. The van der Waals surface area contributed by atoms with Crippen molar-refractivity contribution < 1.29 is 9.84 Å². The maximum Gasteiger partial charge on any atom is 0.0672 e. The minimum Gasteiger partial charge on any atom is -0.390 e. The van der Waals surface area contributed by atoms with Crippen LogP contribution in [0.4, 0.5) is 0 Å². The predicted octanol–water partition coefficient (Wildman–Crippen LogP) is 3.28. The van der Waals surface area contributed by atoms with Gasteiger partial charge in [0.25, 0.3) is 0 Å². The van der Waals surface area contributed by atoms with Crippen molar-refractivity contribution in [2.75, 3.05) is 7.11 Å². The van der Waals surface area contributed by atoms with Crippen molar-refractivity contribution >= 4 is 0 Å². The van der Waals surface area contributed by atoms with E-state index < -0.39 is 5.60 Å². The first kappa shape index (κ1) is 13.0.